The van der Waals surface area contributed by atoms with E-state index in [1.54, 1.807) is 23.0 Å². The van der Waals surface area contributed by atoms with E-state index in [4.69, 9.17) is 4.98 Å². The second-order valence-electron chi connectivity index (χ2n) is 7.60. The Bertz CT molecular complexity index is 1040. The molecule has 0 saturated carbocycles. The van der Waals surface area contributed by atoms with Gasteiger partial charge in [-0.05, 0) is 29.7 Å². The Hall–Kier alpha value is -1.64. The van der Waals surface area contributed by atoms with E-state index in [1.807, 2.05) is 27.8 Å². The number of likely N-dealkylation sites (tertiary alicyclic amines) is 1. The number of hydrogen-bond donors (Lipinski definition) is 0. The van der Waals surface area contributed by atoms with Crippen LogP contribution in [-0.4, -0.2) is 39.2 Å². The van der Waals surface area contributed by atoms with Crippen LogP contribution in [-0.2, 0) is 11.8 Å². The summed E-state index contributed by atoms with van der Waals surface area (Å²) in [4.78, 5) is 34.1. The van der Waals surface area contributed by atoms with Gasteiger partial charge in [0.25, 0.3) is 5.56 Å². The molecule has 0 spiro atoms. The summed E-state index contributed by atoms with van der Waals surface area (Å²) in [6.45, 7) is 6.04. The van der Waals surface area contributed by atoms with E-state index in [9.17, 15) is 9.59 Å². The number of carbonyl (C=O) groups is 1. The topological polar surface area (TPSA) is 55.2 Å². The van der Waals surface area contributed by atoms with Crippen LogP contribution in [0.15, 0.2) is 32.8 Å². The molecule has 3 aromatic rings. The lowest BCUT2D eigenvalue weighted by Crippen LogP contribution is -2.43. The summed E-state index contributed by atoms with van der Waals surface area (Å²) in [5.74, 6) is 1.52. The molecular formula is C20H23N3O2S3. The van der Waals surface area contributed by atoms with E-state index in [2.05, 4.69) is 13.8 Å². The average Bonchev–Trinajstić information content (AvgIpc) is 3.31. The Morgan fingerprint density at radius 1 is 1.29 bits per heavy atom. The lowest BCUT2D eigenvalue weighted by atomic mass is 9.92. The smallest absolute Gasteiger partial charge is 0.263 e. The summed E-state index contributed by atoms with van der Waals surface area (Å²) in [7, 11) is 1.74. The zero-order chi connectivity index (χ0) is 19.8. The third-order valence-corrected chi connectivity index (χ3v) is 7.90. The SMILES string of the molecule is CC1CC(C)CN(C(=O)CSc2nc3scc(-c4cccs4)c3c(=O)n2C)C1. The van der Waals surface area contributed by atoms with Crippen LogP contribution in [0.4, 0.5) is 0 Å². The van der Waals surface area contributed by atoms with Crippen LogP contribution in [0, 0.1) is 11.8 Å². The molecule has 2 unspecified atom stereocenters. The van der Waals surface area contributed by atoms with Gasteiger partial charge >= 0.3 is 0 Å². The molecule has 8 heteroatoms. The summed E-state index contributed by atoms with van der Waals surface area (Å²) in [6, 6.07) is 4.01. The number of piperidine rings is 1. The van der Waals surface area contributed by atoms with E-state index in [0.29, 0.717) is 28.1 Å². The first-order chi connectivity index (χ1) is 13.4. The van der Waals surface area contributed by atoms with Crippen LogP contribution in [0.25, 0.3) is 20.7 Å². The number of rotatable bonds is 4. The van der Waals surface area contributed by atoms with Crippen molar-refractivity contribution in [2.75, 3.05) is 18.8 Å². The van der Waals surface area contributed by atoms with Gasteiger partial charge in [-0.25, -0.2) is 4.98 Å². The number of hydrogen-bond acceptors (Lipinski definition) is 6. The molecule has 1 aliphatic rings. The van der Waals surface area contributed by atoms with Gasteiger partial charge in [0.2, 0.25) is 5.91 Å². The van der Waals surface area contributed by atoms with Crippen LogP contribution >= 0.6 is 34.4 Å². The third kappa shape index (κ3) is 3.77. The van der Waals surface area contributed by atoms with Gasteiger partial charge in [-0.15, -0.1) is 22.7 Å². The molecule has 0 aromatic carbocycles. The van der Waals surface area contributed by atoms with Crippen molar-refractivity contribution in [1.82, 2.24) is 14.5 Å². The number of nitrogens with zero attached hydrogens (tertiary/aromatic N) is 3. The Morgan fingerprint density at radius 2 is 2.04 bits per heavy atom. The highest BCUT2D eigenvalue weighted by atomic mass is 32.2. The maximum absolute atomic E-state index is 13.0. The normalized spacial score (nSPS) is 20.0. The van der Waals surface area contributed by atoms with Crippen LogP contribution in [0.2, 0.25) is 0 Å². The van der Waals surface area contributed by atoms with Crippen LogP contribution < -0.4 is 5.56 Å². The van der Waals surface area contributed by atoms with Gasteiger partial charge in [0, 0.05) is 36.0 Å². The summed E-state index contributed by atoms with van der Waals surface area (Å²) in [5, 5.41) is 5.28. The van der Waals surface area contributed by atoms with Crippen LogP contribution in [0.5, 0.6) is 0 Å². The van der Waals surface area contributed by atoms with Gasteiger partial charge in [-0.3, -0.25) is 14.2 Å². The minimum Gasteiger partial charge on any atom is -0.341 e. The molecule has 0 aliphatic carbocycles. The van der Waals surface area contributed by atoms with Gasteiger partial charge in [0.15, 0.2) is 5.16 Å². The van der Waals surface area contributed by atoms with Crippen molar-refractivity contribution < 1.29 is 4.79 Å². The molecule has 4 rings (SSSR count). The number of carbonyl (C=O) groups excluding carboxylic acids is 1. The molecule has 4 heterocycles. The molecular weight excluding hydrogens is 410 g/mol. The molecule has 0 radical (unpaired) electrons. The highest BCUT2D eigenvalue weighted by Gasteiger charge is 2.25. The molecule has 0 bridgehead atoms. The van der Waals surface area contributed by atoms with Crippen molar-refractivity contribution in [2.45, 2.75) is 25.4 Å². The second-order valence-corrected chi connectivity index (χ2v) is 10.3. The summed E-state index contributed by atoms with van der Waals surface area (Å²) in [5.41, 5.74) is 0.900. The largest absolute Gasteiger partial charge is 0.341 e. The van der Waals surface area contributed by atoms with Crippen molar-refractivity contribution in [3.63, 3.8) is 0 Å². The van der Waals surface area contributed by atoms with E-state index < -0.39 is 0 Å². The van der Waals surface area contributed by atoms with Crippen molar-refractivity contribution >= 4 is 50.6 Å². The monoisotopic (exact) mass is 433 g/mol. The number of thioether (sulfide) groups is 1. The Labute approximate surface area is 176 Å². The molecule has 148 valence electrons. The first kappa shape index (κ1) is 19.7. The first-order valence-electron chi connectivity index (χ1n) is 9.36. The zero-order valence-electron chi connectivity index (χ0n) is 16.2. The van der Waals surface area contributed by atoms with Gasteiger partial charge in [0.1, 0.15) is 4.83 Å². The highest BCUT2D eigenvalue weighted by molar-refractivity contribution is 7.99. The summed E-state index contributed by atoms with van der Waals surface area (Å²) in [6.07, 6.45) is 1.18. The summed E-state index contributed by atoms with van der Waals surface area (Å²) < 4.78 is 1.57. The third-order valence-electron chi connectivity index (χ3n) is 5.11. The second kappa shape index (κ2) is 8.00. The zero-order valence-corrected chi connectivity index (χ0v) is 18.6. The molecule has 1 amide bonds. The van der Waals surface area contributed by atoms with Gasteiger partial charge in [0.05, 0.1) is 11.1 Å². The molecule has 1 saturated heterocycles. The number of thiophene rings is 2. The first-order valence-corrected chi connectivity index (χ1v) is 12.1. The van der Waals surface area contributed by atoms with Crippen LogP contribution in [0.1, 0.15) is 20.3 Å². The quantitative estimate of drug-likeness (QED) is 0.454. The Kier molecular flexibility index (Phi) is 5.62. The van der Waals surface area contributed by atoms with E-state index in [-0.39, 0.29) is 11.5 Å². The number of aromatic nitrogens is 2. The number of amides is 1. The maximum Gasteiger partial charge on any atom is 0.263 e. The lowest BCUT2D eigenvalue weighted by Gasteiger charge is -2.35. The van der Waals surface area contributed by atoms with Gasteiger partial charge < -0.3 is 4.90 Å². The Balaban J connectivity index is 1.56. The molecule has 1 fully saturated rings. The maximum atomic E-state index is 13.0. The molecule has 5 nitrogen and oxygen atoms in total. The molecule has 0 N–H and O–H groups in total. The van der Waals surface area contributed by atoms with Gasteiger partial charge in [-0.1, -0.05) is 31.7 Å². The fourth-order valence-corrected chi connectivity index (χ4v) is 6.56. The predicted octanol–water partition coefficient (Wildman–Crippen LogP) is 4.32. The van der Waals surface area contributed by atoms with Crippen molar-refractivity contribution in [1.29, 1.82) is 0 Å². The molecule has 1 aliphatic heterocycles. The average molecular weight is 434 g/mol. The summed E-state index contributed by atoms with van der Waals surface area (Å²) >= 11 is 4.46. The molecule has 3 aromatic heterocycles. The fraction of sp³-hybridized carbons (Fsp3) is 0.450. The highest BCUT2D eigenvalue weighted by Crippen LogP contribution is 2.34. The Morgan fingerprint density at radius 3 is 2.71 bits per heavy atom. The minimum atomic E-state index is -0.0511. The predicted molar refractivity (Wildman–Crippen MR) is 118 cm³/mol. The standard InChI is InChI=1S/C20H23N3O2S3/c1-12-7-13(2)9-23(8-12)16(24)11-28-20-21-18-17(19(25)22(20)3)14(10-27-18)15-5-4-6-26-15/h4-6,10,12-13H,7-9,11H2,1-3H3. The van der Waals surface area contributed by atoms with E-state index in [1.165, 1.54) is 29.5 Å². The lowest BCUT2D eigenvalue weighted by molar-refractivity contribution is -0.130. The van der Waals surface area contributed by atoms with Crippen molar-refractivity contribution in [2.24, 2.45) is 18.9 Å². The molecule has 2 atom stereocenters. The minimum absolute atomic E-state index is 0.0511. The number of fused-ring (bicyclic) bond motifs is 1. The molecule has 28 heavy (non-hydrogen) atoms. The van der Waals surface area contributed by atoms with E-state index >= 15 is 0 Å². The fourth-order valence-electron chi connectivity index (χ4n) is 3.88. The van der Waals surface area contributed by atoms with Crippen molar-refractivity contribution in [3.05, 3.63) is 33.2 Å². The van der Waals surface area contributed by atoms with Gasteiger partial charge in [-0.2, -0.15) is 0 Å². The van der Waals surface area contributed by atoms with E-state index in [0.717, 1.165) is 28.4 Å². The van der Waals surface area contributed by atoms with Crippen LogP contribution in [0.3, 0.4) is 0 Å². The van der Waals surface area contributed by atoms with Crippen molar-refractivity contribution in [3.8, 4) is 10.4 Å².